The maximum Gasteiger partial charge on any atom is 0.389 e. The first-order valence-corrected chi connectivity index (χ1v) is 7.40. The van der Waals surface area contributed by atoms with Crippen molar-refractivity contribution >= 4 is 11.8 Å². The topological polar surface area (TPSA) is 81.2 Å². The maximum atomic E-state index is 12.2. The molecule has 1 atom stereocenters. The summed E-state index contributed by atoms with van der Waals surface area (Å²) in [6.45, 7) is 0.754. The summed E-state index contributed by atoms with van der Waals surface area (Å²) in [5.41, 5.74) is 5.18. The fourth-order valence-electron chi connectivity index (χ4n) is 2.80. The Hall–Kier alpha value is -2.06. The second-order valence-electron chi connectivity index (χ2n) is 5.67. The molecule has 2 heterocycles. The Balaban J connectivity index is 1.99. The first kappa shape index (κ1) is 17.3. The molecule has 1 fully saturated rings. The number of imidazole rings is 1. The highest BCUT2D eigenvalue weighted by Crippen LogP contribution is 2.27. The van der Waals surface area contributed by atoms with Crippen molar-refractivity contribution in [3.63, 3.8) is 0 Å². The number of halogens is 3. The van der Waals surface area contributed by atoms with E-state index in [0.29, 0.717) is 25.3 Å². The smallest absolute Gasteiger partial charge is 0.368 e. The summed E-state index contributed by atoms with van der Waals surface area (Å²) >= 11 is 0. The number of hydrogen-bond acceptors (Lipinski definition) is 3. The third-order valence-electron chi connectivity index (χ3n) is 3.84. The van der Waals surface area contributed by atoms with Gasteiger partial charge in [-0.25, -0.2) is 4.98 Å². The molecule has 2 rings (SSSR count). The van der Waals surface area contributed by atoms with Crippen molar-refractivity contribution in [3.8, 4) is 0 Å². The number of hydrogen-bond donors (Lipinski definition) is 1. The molecule has 0 saturated carbocycles. The van der Waals surface area contributed by atoms with Crippen LogP contribution < -0.4 is 5.73 Å². The lowest BCUT2D eigenvalue weighted by Gasteiger charge is -2.32. The van der Waals surface area contributed by atoms with Crippen LogP contribution in [-0.4, -0.2) is 45.5 Å². The predicted octanol–water partition coefficient (Wildman–Crippen LogP) is 1.42. The largest absolute Gasteiger partial charge is 0.389 e. The highest BCUT2D eigenvalue weighted by molar-refractivity contribution is 5.76. The minimum Gasteiger partial charge on any atom is -0.368 e. The molecule has 0 bridgehead atoms. The Bertz CT molecular complexity index is 571. The van der Waals surface area contributed by atoms with Gasteiger partial charge >= 0.3 is 6.18 Å². The molecule has 1 unspecified atom stereocenters. The van der Waals surface area contributed by atoms with Crippen molar-refractivity contribution in [2.24, 2.45) is 5.73 Å². The molecule has 2 amide bonds. The molecule has 1 aliphatic heterocycles. The molecule has 1 aromatic rings. The summed E-state index contributed by atoms with van der Waals surface area (Å²) < 4.78 is 38.3. The van der Waals surface area contributed by atoms with Gasteiger partial charge in [0, 0.05) is 37.8 Å². The Kier molecular flexibility index (Phi) is 5.27. The molecule has 2 N–H and O–H groups in total. The van der Waals surface area contributed by atoms with Crippen LogP contribution in [0.4, 0.5) is 13.2 Å². The van der Waals surface area contributed by atoms with Crippen LogP contribution in [-0.2, 0) is 16.1 Å². The second-order valence-corrected chi connectivity index (χ2v) is 5.67. The van der Waals surface area contributed by atoms with Crippen LogP contribution in [0.25, 0.3) is 0 Å². The number of carbonyl (C=O) groups excluding carboxylic acids is 2. The van der Waals surface area contributed by atoms with Crippen LogP contribution in [0.3, 0.4) is 0 Å². The lowest BCUT2D eigenvalue weighted by Crippen LogP contribution is -2.40. The SMILES string of the molecule is NC(=O)Cn1ccnc1C1CCCN(C(=O)CCC(F)(F)F)C1. The number of nitrogens with zero attached hydrogens (tertiary/aromatic N) is 3. The van der Waals surface area contributed by atoms with Gasteiger partial charge < -0.3 is 15.2 Å². The molecule has 1 aliphatic rings. The van der Waals surface area contributed by atoms with E-state index in [1.54, 1.807) is 17.0 Å². The van der Waals surface area contributed by atoms with Gasteiger partial charge in [-0.3, -0.25) is 9.59 Å². The monoisotopic (exact) mass is 332 g/mol. The normalized spacial score (nSPS) is 18.9. The minimum absolute atomic E-state index is 0.00610. The van der Waals surface area contributed by atoms with Gasteiger partial charge in [-0.05, 0) is 12.8 Å². The number of primary amides is 1. The Morgan fingerprint density at radius 1 is 1.39 bits per heavy atom. The van der Waals surface area contributed by atoms with Crippen LogP contribution in [0.5, 0.6) is 0 Å². The first-order valence-electron chi connectivity index (χ1n) is 7.40. The van der Waals surface area contributed by atoms with Gasteiger partial charge in [0.05, 0.1) is 6.42 Å². The van der Waals surface area contributed by atoms with Gasteiger partial charge in [0.1, 0.15) is 12.4 Å². The van der Waals surface area contributed by atoms with Crippen molar-refractivity contribution in [1.29, 1.82) is 0 Å². The van der Waals surface area contributed by atoms with Crippen LogP contribution in [0.15, 0.2) is 12.4 Å². The first-order chi connectivity index (χ1) is 10.8. The van der Waals surface area contributed by atoms with E-state index in [1.807, 2.05) is 0 Å². The van der Waals surface area contributed by atoms with E-state index in [4.69, 9.17) is 5.73 Å². The number of piperidine rings is 1. The lowest BCUT2D eigenvalue weighted by molar-refractivity contribution is -0.149. The van der Waals surface area contributed by atoms with E-state index in [2.05, 4.69) is 4.98 Å². The average Bonchev–Trinajstić information content (AvgIpc) is 2.91. The fraction of sp³-hybridized carbons (Fsp3) is 0.643. The molecule has 128 valence electrons. The highest BCUT2D eigenvalue weighted by atomic mass is 19.4. The standard InChI is InChI=1S/C14H19F3N4O2/c15-14(16,17)4-3-12(23)20-6-1-2-10(8-20)13-19-5-7-21(13)9-11(18)22/h5,7,10H,1-4,6,8-9H2,(H2,18,22). The van der Waals surface area contributed by atoms with Crippen molar-refractivity contribution in [2.45, 2.75) is 44.3 Å². The molecule has 1 aromatic heterocycles. The third-order valence-corrected chi connectivity index (χ3v) is 3.84. The van der Waals surface area contributed by atoms with E-state index in [1.165, 1.54) is 4.90 Å². The highest BCUT2D eigenvalue weighted by Gasteiger charge is 2.31. The van der Waals surface area contributed by atoms with Gasteiger partial charge in [-0.15, -0.1) is 0 Å². The zero-order valence-corrected chi connectivity index (χ0v) is 12.6. The van der Waals surface area contributed by atoms with Crippen LogP contribution in [0.1, 0.15) is 37.4 Å². The Morgan fingerprint density at radius 2 is 2.13 bits per heavy atom. The molecule has 23 heavy (non-hydrogen) atoms. The maximum absolute atomic E-state index is 12.2. The zero-order chi connectivity index (χ0) is 17.0. The zero-order valence-electron chi connectivity index (χ0n) is 12.6. The number of alkyl halides is 3. The lowest BCUT2D eigenvalue weighted by atomic mass is 9.96. The van der Waals surface area contributed by atoms with Crippen molar-refractivity contribution in [2.75, 3.05) is 13.1 Å². The van der Waals surface area contributed by atoms with E-state index in [9.17, 15) is 22.8 Å². The summed E-state index contributed by atoms with van der Waals surface area (Å²) in [4.78, 5) is 28.7. The summed E-state index contributed by atoms with van der Waals surface area (Å²) in [6, 6.07) is 0. The number of carbonyl (C=O) groups is 2. The molecule has 0 radical (unpaired) electrons. The molecular formula is C14H19F3N4O2. The fourth-order valence-corrected chi connectivity index (χ4v) is 2.80. The van der Waals surface area contributed by atoms with Gasteiger partial charge in [-0.1, -0.05) is 0 Å². The molecule has 6 nitrogen and oxygen atoms in total. The van der Waals surface area contributed by atoms with E-state index in [-0.39, 0.29) is 12.5 Å². The van der Waals surface area contributed by atoms with Gasteiger partial charge in [0.25, 0.3) is 0 Å². The van der Waals surface area contributed by atoms with Crippen LogP contribution in [0.2, 0.25) is 0 Å². The summed E-state index contributed by atoms with van der Waals surface area (Å²) in [6.07, 6.45) is -1.35. The van der Waals surface area contributed by atoms with E-state index < -0.39 is 30.8 Å². The van der Waals surface area contributed by atoms with Crippen molar-refractivity contribution in [1.82, 2.24) is 14.5 Å². The number of nitrogens with two attached hydrogens (primary N) is 1. The number of rotatable bonds is 5. The van der Waals surface area contributed by atoms with E-state index in [0.717, 1.165) is 6.42 Å². The third kappa shape index (κ3) is 4.97. The van der Waals surface area contributed by atoms with Gasteiger partial charge in [0.15, 0.2) is 0 Å². The summed E-state index contributed by atoms with van der Waals surface area (Å²) in [5.74, 6) is -0.469. The van der Waals surface area contributed by atoms with Crippen molar-refractivity contribution < 1.29 is 22.8 Å². The molecule has 1 saturated heterocycles. The molecule has 0 aliphatic carbocycles. The quantitative estimate of drug-likeness (QED) is 0.885. The summed E-state index contributed by atoms with van der Waals surface area (Å²) in [7, 11) is 0. The Labute approximate surface area is 131 Å². The number of amides is 2. The molecule has 0 aromatic carbocycles. The van der Waals surface area contributed by atoms with Crippen LogP contribution >= 0.6 is 0 Å². The van der Waals surface area contributed by atoms with Crippen LogP contribution in [0, 0.1) is 0 Å². The van der Waals surface area contributed by atoms with E-state index >= 15 is 0 Å². The number of aromatic nitrogens is 2. The number of likely N-dealkylation sites (tertiary alicyclic amines) is 1. The predicted molar refractivity (Wildman–Crippen MR) is 75.3 cm³/mol. The molecular weight excluding hydrogens is 313 g/mol. The minimum atomic E-state index is -4.33. The summed E-state index contributed by atoms with van der Waals surface area (Å²) in [5, 5.41) is 0. The van der Waals surface area contributed by atoms with Gasteiger partial charge in [-0.2, -0.15) is 13.2 Å². The van der Waals surface area contributed by atoms with Gasteiger partial charge in [0.2, 0.25) is 11.8 Å². The average molecular weight is 332 g/mol. The second kappa shape index (κ2) is 7.01. The molecule has 9 heteroatoms. The molecule has 0 spiro atoms. The van der Waals surface area contributed by atoms with Crippen molar-refractivity contribution in [3.05, 3.63) is 18.2 Å². The Morgan fingerprint density at radius 3 is 2.78 bits per heavy atom.